The van der Waals surface area contributed by atoms with Gasteiger partial charge in [0.1, 0.15) is 0 Å². The minimum atomic E-state index is -0.194. The number of rotatable bonds is 5. The highest BCUT2D eigenvalue weighted by Gasteiger charge is 2.32. The molecule has 1 aliphatic heterocycles. The first-order chi connectivity index (χ1) is 10.3. The van der Waals surface area contributed by atoms with Gasteiger partial charge >= 0.3 is 0 Å². The van der Waals surface area contributed by atoms with Crippen molar-refractivity contribution in [3.05, 3.63) is 17.8 Å². The number of carbonyl (C=O) groups excluding carboxylic acids is 1. The van der Waals surface area contributed by atoms with Crippen LogP contribution >= 0.6 is 0 Å². The molecule has 21 heavy (non-hydrogen) atoms. The summed E-state index contributed by atoms with van der Waals surface area (Å²) in [6.45, 7) is 2.10. The zero-order valence-corrected chi connectivity index (χ0v) is 12.5. The van der Waals surface area contributed by atoms with Gasteiger partial charge in [0.2, 0.25) is 0 Å². The summed E-state index contributed by atoms with van der Waals surface area (Å²) in [7, 11) is 1.60. The lowest BCUT2D eigenvalue weighted by molar-refractivity contribution is 0.0957. The minimum Gasteiger partial charge on any atom is -0.354 e. The van der Waals surface area contributed by atoms with Crippen molar-refractivity contribution in [2.24, 2.45) is 0 Å². The number of nitrogens with one attached hydrogen (secondary N) is 2. The maximum Gasteiger partial charge on any atom is 0.271 e. The SMILES string of the molecule is CNC(=O)c1ccc(N(CC2CCCCN2)C2CC2)nn1. The average Bonchev–Trinajstić information content (AvgIpc) is 3.38. The van der Waals surface area contributed by atoms with Crippen molar-refractivity contribution in [2.75, 3.05) is 25.0 Å². The Morgan fingerprint density at radius 1 is 1.33 bits per heavy atom. The van der Waals surface area contributed by atoms with Gasteiger partial charge in [0, 0.05) is 25.7 Å². The van der Waals surface area contributed by atoms with Gasteiger partial charge in [-0.25, -0.2) is 0 Å². The molecular weight excluding hydrogens is 266 g/mol. The molecule has 3 rings (SSSR count). The van der Waals surface area contributed by atoms with E-state index in [9.17, 15) is 4.79 Å². The summed E-state index contributed by atoms with van der Waals surface area (Å²) in [6.07, 6.45) is 6.27. The van der Waals surface area contributed by atoms with E-state index in [1.165, 1.54) is 32.1 Å². The van der Waals surface area contributed by atoms with E-state index in [-0.39, 0.29) is 5.91 Å². The summed E-state index contributed by atoms with van der Waals surface area (Å²) < 4.78 is 0. The van der Waals surface area contributed by atoms with Crippen LogP contribution in [-0.2, 0) is 0 Å². The zero-order valence-electron chi connectivity index (χ0n) is 12.5. The maximum atomic E-state index is 11.5. The van der Waals surface area contributed by atoms with Crippen LogP contribution in [0.5, 0.6) is 0 Å². The monoisotopic (exact) mass is 289 g/mol. The standard InChI is InChI=1S/C15H23N5O/c1-16-15(21)13-7-8-14(19-18-13)20(12-5-6-12)10-11-4-2-3-9-17-11/h7-8,11-12,17H,2-6,9-10H2,1H3,(H,16,21). The smallest absolute Gasteiger partial charge is 0.271 e. The van der Waals surface area contributed by atoms with E-state index < -0.39 is 0 Å². The van der Waals surface area contributed by atoms with Crippen LogP contribution in [0.25, 0.3) is 0 Å². The van der Waals surface area contributed by atoms with Crippen LogP contribution in [0.15, 0.2) is 12.1 Å². The van der Waals surface area contributed by atoms with E-state index in [2.05, 4.69) is 25.7 Å². The molecular formula is C15H23N5O. The second-order valence-corrected chi connectivity index (χ2v) is 5.89. The predicted octanol–water partition coefficient (Wildman–Crippen LogP) is 0.947. The topological polar surface area (TPSA) is 70.2 Å². The lowest BCUT2D eigenvalue weighted by Gasteiger charge is -2.31. The lowest BCUT2D eigenvalue weighted by atomic mass is 10.0. The van der Waals surface area contributed by atoms with E-state index >= 15 is 0 Å². The first kappa shape index (κ1) is 14.3. The summed E-state index contributed by atoms with van der Waals surface area (Å²) in [5.41, 5.74) is 0.368. The van der Waals surface area contributed by atoms with Crippen molar-refractivity contribution in [2.45, 2.75) is 44.2 Å². The Balaban J connectivity index is 1.69. The van der Waals surface area contributed by atoms with Gasteiger partial charge in [0.05, 0.1) is 0 Å². The molecule has 0 spiro atoms. The molecule has 2 aliphatic rings. The van der Waals surface area contributed by atoms with Crippen molar-refractivity contribution in [3.8, 4) is 0 Å². The van der Waals surface area contributed by atoms with Crippen molar-refractivity contribution >= 4 is 11.7 Å². The molecule has 2 fully saturated rings. The molecule has 2 N–H and O–H groups in total. The van der Waals surface area contributed by atoms with Crippen LogP contribution in [0.3, 0.4) is 0 Å². The molecule has 0 bridgehead atoms. The van der Waals surface area contributed by atoms with Crippen LogP contribution < -0.4 is 15.5 Å². The highest BCUT2D eigenvalue weighted by Crippen LogP contribution is 2.31. The molecule has 6 nitrogen and oxygen atoms in total. The molecule has 2 heterocycles. The molecule has 0 aromatic carbocycles. The molecule has 114 valence electrons. The second kappa shape index (κ2) is 6.39. The fourth-order valence-corrected chi connectivity index (χ4v) is 2.86. The van der Waals surface area contributed by atoms with Crippen LogP contribution in [0.4, 0.5) is 5.82 Å². The first-order valence-electron chi connectivity index (χ1n) is 7.84. The van der Waals surface area contributed by atoms with Crippen LogP contribution in [-0.4, -0.2) is 48.3 Å². The Kier molecular flexibility index (Phi) is 4.34. The molecule has 1 unspecified atom stereocenters. The normalized spacial score (nSPS) is 21.9. The van der Waals surface area contributed by atoms with Gasteiger partial charge in [-0.2, -0.15) is 0 Å². The summed E-state index contributed by atoms with van der Waals surface area (Å²) >= 11 is 0. The van der Waals surface area contributed by atoms with Crippen LogP contribution in [0.1, 0.15) is 42.6 Å². The zero-order chi connectivity index (χ0) is 14.7. The van der Waals surface area contributed by atoms with Gasteiger partial charge in [-0.1, -0.05) is 6.42 Å². The van der Waals surface area contributed by atoms with Crippen LogP contribution in [0.2, 0.25) is 0 Å². The van der Waals surface area contributed by atoms with E-state index in [0.717, 1.165) is 18.9 Å². The average molecular weight is 289 g/mol. The highest BCUT2D eigenvalue weighted by molar-refractivity contribution is 5.91. The van der Waals surface area contributed by atoms with Crippen molar-refractivity contribution in [1.82, 2.24) is 20.8 Å². The van der Waals surface area contributed by atoms with E-state index in [1.807, 2.05) is 6.07 Å². The Morgan fingerprint density at radius 2 is 2.19 bits per heavy atom. The van der Waals surface area contributed by atoms with Gasteiger partial charge in [0.15, 0.2) is 11.5 Å². The van der Waals surface area contributed by atoms with E-state index in [0.29, 0.717) is 17.8 Å². The molecule has 0 radical (unpaired) electrons. The van der Waals surface area contributed by atoms with Gasteiger partial charge in [0.25, 0.3) is 5.91 Å². The molecule has 6 heteroatoms. The van der Waals surface area contributed by atoms with Gasteiger partial charge in [-0.05, 0) is 44.4 Å². The lowest BCUT2D eigenvalue weighted by Crippen LogP contribution is -2.45. The van der Waals surface area contributed by atoms with Gasteiger partial charge in [-0.15, -0.1) is 10.2 Å². The number of amides is 1. The predicted molar refractivity (Wildman–Crippen MR) is 81.4 cm³/mol. The minimum absolute atomic E-state index is 0.194. The van der Waals surface area contributed by atoms with Gasteiger partial charge in [-0.3, -0.25) is 4.79 Å². The summed E-state index contributed by atoms with van der Waals surface area (Å²) in [4.78, 5) is 13.9. The Bertz CT molecular complexity index is 479. The maximum absolute atomic E-state index is 11.5. The van der Waals surface area contributed by atoms with Crippen molar-refractivity contribution in [1.29, 1.82) is 0 Å². The Morgan fingerprint density at radius 3 is 2.76 bits per heavy atom. The van der Waals surface area contributed by atoms with Crippen LogP contribution in [0, 0.1) is 0 Å². The molecule has 1 saturated carbocycles. The number of hydrogen-bond acceptors (Lipinski definition) is 5. The molecule has 1 saturated heterocycles. The molecule has 1 aromatic rings. The Hall–Kier alpha value is -1.69. The summed E-state index contributed by atoms with van der Waals surface area (Å²) in [5.74, 6) is 0.693. The number of nitrogens with zero attached hydrogens (tertiary/aromatic N) is 3. The molecule has 1 aliphatic carbocycles. The fourth-order valence-electron chi connectivity index (χ4n) is 2.86. The fraction of sp³-hybridized carbons (Fsp3) is 0.667. The van der Waals surface area contributed by atoms with E-state index in [1.54, 1.807) is 13.1 Å². The largest absolute Gasteiger partial charge is 0.354 e. The molecule has 1 atom stereocenters. The number of piperidine rings is 1. The van der Waals surface area contributed by atoms with Crippen molar-refractivity contribution in [3.63, 3.8) is 0 Å². The first-order valence-corrected chi connectivity index (χ1v) is 7.84. The third-order valence-corrected chi connectivity index (χ3v) is 4.22. The highest BCUT2D eigenvalue weighted by atomic mass is 16.1. The van der Waals surface area contributed by atoms with Gasteiger partial charge < -0.3 is 15.5 Å². The van der Waals surface area contributed by atoms with E-state index in [4.69, 9.17) is 0 Å². The second-order valence-electron chi connectivity index (χ2n) is 5.89. The summed E-state index contributed by atoms with van der Waals surface area (Å²) in [6, 6.07) is 4.80. The van der Waals surface area contributed by atoms with Crippen molar-refractivity contribution < 1.29 is 4.79 Å². The number of carbonyl (C=O) groups is 1. The number of anilines is 1. The quantitative estimate of drug-likeness (QED) is 0.844. The molecule has 1 amide bonds. The summed E-state index contributed by atoms with van der Waals surface area (Å²) in [5, 5.41) is 14.5. The number of hydrogen-bond donors (Lipinski definition) is 2. The Labute approximate surface area is 125 Å². The third kappa shape index (κ3) is 3.50. The number of aromatic nitrogens is 2. The third-order valence-electron chi connectivity index (χ3n) is 4.22. The molecule has 1 aromatic heterocycles.